The summed E-state index contributed by atoms with van der Waals surface area (Å²) in [7, 11) is 0. The Bertz CT molecular complexity index is 409. The average molecular weight is 414 g/mol. The Balaban J connectivity index is 1.88. The molecule has 8 heteroatoms. The number of nitrogens with zero attached hydrogens (tertiary/aromatic N) is 1. The first kappa shape index (κ1) is 19.4. The van der Waals surface area contributed by atoms with Gasteiger partial charge in [-0.05, 0) is 31.6 Å². The van der Waals surface area contributed by atoms with Gasteiger partial charge in [-0.3, -0.25) is 4.79 Å². The average Bonchev–Trinajstić information content (AvgIpc) is 2.56. The highest BCUT2D eigenvalue weighted by atomic mass is 79.9. The van der Waals surface area contributed by atoms with E-state index in [0.29, 0.717) is 25.9 Å². The van der Waals surface area contributed by atoms with E-state index >= 15 is 0 Å². The van der Waals surface area contributed by atoms with Gasteiger partial charge in [0.1, 0.15) is 0 Å². The van der Waals surface area contributed by atoms with E-state index in [9.17, 15) is 15.0 Å². The van der Waals surface area contributed by atoms with Crippen molar-refractivity contribution in [1.82, 2.24) is 4.90 Å². The zero-order chi connectivity index (χ0) is 17.1. The van der Waals surface area contributed by atoms with Crippen molar-refractivity contribution in [2.24, 2.45) is 17.6 Å². The molecule has 5 N–H and O–H groups in total. The summed E-state index contributed by atoms with van der Waals surface area (Å²) in [6, 6.07) is -0.147. The lowest BCUT2D eigenvalue weighted by atomic mass is 9.74. The van der Waals surface area contributed by atoms with Gasteiger partial charge in [-0.1, -0.05) is 15.9 Å². The Labute approximate surface area is 150 Å². The Morgan fingerprint density at radius 1 is 1.35 bits per heavy atom. The number of alkyl halides is 2. The predicted molar refractivity (Wildman–Crippen MR) is 91.5 cm³/mol. The minimum Gasteiger partial charge on any atom is -0.393 e. The first-order valence-electron chi connectivity index (χ1n) is 8.14. The smallest absolute Gasteiger partial charge is 0.253 e. The van der Waals surface area contributed by atoms with Crippen molar-refractivity contribution < 1.29 is 20.1 Å². The van der Waals surface area contributed by atoms with Gasteiger partial charge in [-0.15, -0.1) is 11.6 Å². The molecule has 1 saturated carbocycles. The maximum Gasteiger partial charge on any atom is 0.253 e. The molecule has 6 nitrogen and oxygen atoms in total. The normalized spacial score (nSPS) is 35.8. The number of amides is 1. The molecule has 4 unspecified atom stereocenters. The first-order valence-corrected chi connectivity index (χ1v) is 9.49. The van der Waals surface area contributed by atoms with E-state index < -0.39 is 24.7 Å². The number of aliphatic hydroxyl groups is 3. The molecule has 0 bridgehead atoms. The second-order valence-electron chi connectivity index (χ2n) is 6.67. The van der Waals surface area contributed by atoms with Gasteiger partial charge in [-0.2, -0.15) is 0 Å². The number of halogens is 2. The molecule has 2 rings (SSSR count). The highest BCUT2D eigenvalue weighted by Crippen LogP contribution is 2.37. The molecule has 1 heterocycles. The van der Waals surface area contributed by atoms with Crippen LogP contribution in [-0.2, 0) is 4.79 Å². The number of likely N-dealkylation sites (tertiary alicyclic amines) is 1. The number of aliphatic hydroxyl groups excluding tert-OH is 3. The lowest BCUT2D eigenvalue weighted by molar-refractivity contribution is -0.143. The van der Waals surface area contributed by atoms with Gasteiger partial charge in [0.25, 0.3) is 5.91 Å². The second-order valence-corrected chi connectivity index (χ2v) is 8.41. The van der Waals surface area contributed by atoms with Crippen LogP contribution in [0.25, 0.3) is 0 Å². The van der Waals surface area contributed by atoms with Crippen LogP contribution in [0.3, 0.4) is 0 Å². The molecule has 0 aromatic rings. The van der Waals surface area contributed by atoms with Crippen LogP contribution in [0, 0.1) is 11.8 Å². The Morgan fingerprint density at radius 2 is 1.96 bits per heavy atom. The van der Waals surface area contributed by atoms with E-state index in [1.54, 1.807) is 4.90 Å². The van der Waals surface area contributed by atoms with E-state index in [1.165, 1.54) is 0 Å². The summed E-state index contributed by atoms with van der Waals surface area (Å²) >= 11 is 9.80. The van der Waals surface area contributed by atoms with Crippen LogP contribution in [0.4, 0.5) is 0 Å². The van der Waals surface area contributed by atoms with Crippen molar-refractivity contribution in [2.75, 3.05) is 19.7 Å². The van der Waals surface area contributed by atoms with Crippen molar-refractivity contribution in [1.29, 1.82) is 0 Å². The summed E-state index contributed by atoms with van der Waals surface area (Å²) in [6.45, 7) is 0.474. The molecular weight excluding hydrogens is 388 g/mol. The summed E-state index contributed by atoms with van der Waals surface area (Å²) in [4.78, 5) is 13.5. The number of hydrogen-bond acceptors (Lipinski definition) is 5. The zero-order valence-corrected chi connectivity index (χ0v) is 15.4. The summed E-state index contributed by atoms with van der Waals surface area (Å²) in [5, 5.41) is 28.6. The lowest BCUT2D eigenvalue weighted by Gasteiger charge is -2.42. The monoisotopic (exact) mass is 412 g/mol. The Morgan fingerprint density at radius 3 is 2.52 bits per heavy atom. The van der Waals surface area contributed by atoms with Gasteiger partial charge >= 0.3 is 0 Å². The van der Waals surface area contributed by atoms with Crippen LogP contribution in [0.15, 0.2) is 0 Å². The lowest BCUT2D eigenvalue weighted by Crippen LogP contribution is -2.52. The Kier molecular flexibility index (Phi) is 7.13. The number of carbonyl (C=O) groups excluding carboxylic acids is 1. The maximum absolute atomic E-state index is 11.9. The summed E-state index contributed by atoms with van der Waals surface area (Å²) in [5.74, 6) is -0.234. The predicted octanol–water partition coefficient (Wildman–Crippen LogP) is 0.0473. The van der Waals surface area contributed by atoms with Crippen molar-refractivity contribution in [3.05, 3.63) is 0 Å². The van der Waals surface area contributed by atoms with Gasteiger partial charge in [0, 0.05) is 35.3 Å². The molecule has 1 aliphatic heterocycles. The quantitative estimate of drug-likeness (QED) is 0.487. The van der Waals surface area contributed by atoms with Gasteiger partial charge in [0.15, 0.2) is 6.10 Å². The van der Waals surface area contributed by atoms with Crippen molar-refractivity contribution in [2.45, 2.75) is 54.1 Å². The molecular formula is C15H26BrClN2O4. The van der Waals surface area contributed by atoms with Crippen molar-refractivity contribution in [3.63, 3.8) is 0 Å². The van der Waals surface area contributed by atoms with E-state index in [4.69, 9.17) is 22.4 Å². The largest absolute Gasteiger partial charge is 0.393 e. The third kappa shape index (κ3) is 4.58. The van der Waals surface area contributed by atoms with Crippen molar-refractivity contribution in [3.8, 4) is 0 Å². The highest BCUT2D eigenvalue weighted by Gasteiger charge is 2.40. The second kappa shape index (κ2) is 8.45. The van der Waals surface area contributed by atoms with Crippen LogP contribution in [0.2, 0.25) is 0 Å². The van der Waals surface area contributed by atoms with Gasteiger partial charge < -0.3 is 26.0 Å². The number of nitrogens with two attached hydrogens (primary N) is 1. The number of hydrogen-bond donors (Lipinski definition) is 4. The number of piperidine rings is 1. The van der Waals surface area contributed by atoms with E-state index in [1.807, 2.05) is 0 Å². The molecule has 23 heavy (non-hydrogen) atoms. The molecule has 0 spiro atoms. The third-order valence-corrected chi connectivity index (χ3v) is 7.00. The fourth-order valence-corrected chi connectivity index (χ4v) is 4.58. The molecule has 1 aliphatic carbocycles. The molecule has 1 amide bonds. The minimum atomic E-state index is -1.34. The first-order chi connectivity index (χ1) is 10.8. The molecule has 2 fully saturated rings. The van der Waals surface area contributed by atoms with E-state index in [-0.39, 0.29) is 28.1 Å². The zero-order valence-electron chi connectivity index (χ0n) is 13.0. The third-order valence-electron chi connectivity index (χ3n) is 5.20. The van der Waals surface area contributed by atoms with E-state index in [2.05, 4.69) is 15.9 Å². The standard InChI is InChI=1S/C15H26BrClN2O4/c16-10-6-12(21)9(5-11(10)17)14(18)8-1-3-19(4-2-8)15(23)13(22)7-20/h8-14,20-22H,1-7,18H2/t9?,10?,11?,12?,13-,14-/m1/s1. The SMILES string of the molecule is N[C@H](C1CCN(C(=O)[C@H](O)CO)CC1)C1CC(Cl)C(Br)CC1O. The summed E-state index contributed by atoms with van der Waals surface area (Å²) < 4.78 is 0. The number of carbonyl (C=O) groups is 1. The molecule has 6 atom stereocenters. The van der Waals surface area contributed by atoms with Crippen LogP contribution in [-0.4, -0.2) is 74.3 Å². The minimum absolute atomic E-state index is 0.0263. The van der Waals surface area contributed by atoms with Crippen LogP contribution >= 0.6 is 27.5 Å². The summed E-state index contributed by atoms with van der Waals surface area (Å²) in [6.07, 6.45) is 0.959. The van der Waals surface area contributed by atoms with Gasteiger partial charge in [-0.25, -0.2) is 0 Å². The molecule has 0 radical (unpaired) electrons. The highest BCUT2D eigenvalue weighted by molar-refractivity contribution is 9.09. The van der Waals surface area contributed by atoms with Gasteiger partial charge in [0.2, 0.25) is 0 Å². The van der Waals surface area contributed by atoms with Gasteiger partial charge in [0.05, 0.1) is 12.7 Å². The molecule has 1 saturated heterocycles. The van der Waals surface area contributed by atoms with E-state index in [0.717, 1.165) is 12.8 Å². The number of rotatable bonds is 4. The van der Waals surface area contributed by atoms with Crippen molar-refractivity contribution >= 4 is 33.4 Å². The van der Waals surface area contributed by atoms with Crippen LogP contribution < -0.4 is 5.73 Å². The molecule has 0 aromatic heterocycles. The fraction of sp³-hybridized carbons (Fsp3) is 0.933. The molecule has 0 aromatic carbocycles. The molecule has 134 valence electrons. The summed E-state index contributed by atoms with van der Waals surface area (Å²) in [5.41, 5.74) is 6.40. The topological polar surface area (TPSA) is 107 Å². The molecule has 2 aliphatic rings. The van der Waals surface area contributed by atoms with Crippen LogP contribution in [0.1, 0.15) is 25.7 Å². The Hall–Kier alpha value is 0.0800. The maximum atomic E-state index is 11.9. The fourth-order valence-electron chi connectivity index (χ4n) is 3.67. The van der Waals surface area contributed by atoms with Crippen LogP contribution in [0.5, 0.6) is 0 Å².